The molecule has 2 aromatic carbocycles. The monoisotopic (exact) mass is 335 g/mol. The molecule has 24 heavy (non-hydrogen) atoms. The smallest absolute Gasteiger partial charge is 0.266 e. The Labute approximate surface area is 143 Å². The van der Waals surface area contributed by atoms with Crippen LogP contribution in [0.15, 0.2) is 72.9 Å². The van der Waals surface area contributed by atoms with Gasteiger partial charge >= 0.3 is 0 Å². The zero-order chi connectivity index (χ0) is 16.6. The minimum Gasteiger partial charge on any atom is -0.443 e. The Morgan fingerprint density at radius 2 is 1.58 bits per heavy atom. The number of pyridine rings is 1. The molecule has 0 spiro atoms. The van der Waals surface area contributed by atoms with E-state index in [1.807, 2.05) is 56.3 Å². The van der Waals surface area contributed by atoms with E-state index in [1.165, 1.54) is 5.56 Å². The van der Waals surface area contributed by atoms with E-state index in [9.17, 15) is 0 Å². The largest absolute Gasteiger partial charge is 0.443 e. The van der Waals surface area contributed by atoms with E-state index in [4.69, 9.17) is 9.05 Å². The van der Waals surface area contributed by atoms with Crippen molar-refractivity contribution in [3.05, 3.63) is 78.6 Å². The highest BCUT2D eigenvalue weighted by Crippen LogP contribution is 2.52. The van der Waals surface area contributed by atoms with Gasteiger partial charge in [0.1, 0.15) is 11.4 Å². The fourth-order valence-electron chi connectivity index (χ4n) is 2.81. The molecular formula is C20H18NO2P. The van der Waals surface area contributed by atoms with Crippen molar-refractivity contribution in [1.82, 2.24) is 4.98 Å². The predicted molar refractivity (Wildman–Crippen MR) is 97.4 cm³/mol. The Balaban J connectivity index is 1.73. The molecule has 0 radical (unpaired) electrons. The average Bonchev–Trinajstić information content (AvgIpc) is 2.62. The highest BCUT2D eigenvalue weighted by Gasteiger charge is 2.34. The van der Waals surface area contributed by atoms with Crippen LogP contribution < -0.4 is 9.83 Å². The molecule has 0 amide bonds. The second-order valence-electron chi connectivity index (χ2n) is 6.18. The Morgan fingerprint density at radius 3 is 2.38 bits per heavy atom. The van der Waals surface area contributed by atoms with Gasteiger partial charge in [-0.05, 0) is 43.7 Å². The van der Waals surface area contributed by atoms with E-state index in [-0.39, 0.29) is 0 Å². The Morgan fingerprint density at radius 1 is 0.875 bits per heavy atom. The topological polar surface area (TPSA) is 31.4 Å². The normalized spacial score (nSPS) is 16.0. The van der Waals surface area contributed by atoms with E-state index in [1.54, 1.807) is 6.20 Å². The molecule has 0 aliphatic carbocycles. The van der Waals surface area contributed by atoms with Gasteiger partial charge in [0.15, 0.2) is 0 Å². The molecular weight excluding hydrogens is 317 g/mol. The van der Waals surface area contributed by atoms with Gasteiger partial charge < -0.3 is 9.05 Å². The first-order valence-corrected chi connectivity index (χ1v) is 9.10. The van der Waals surface area contributed by atoms with Gasteiger partial charge in [-0.1, -0.05) is 42.5 Å². The third-order valence-electron chi connectivity index (χ3n) is 4.05. The molecule has 1 unspecified atom stereocenters. The lowest BCUT2D eigenvalue weighted by atomic mass is 10.0. The number of hydrogen-bond donors (Lipinski definition) is 0. The van der Waals surface area contributed by atoms with Crippen LogP contribution in [0.25, 0.3) is 11.1 Å². The van der Waals surface area contributed by atoms with E-state index < -0.39 is 14.0 Å². The maximum absolute atomic E-state index is 6.43. The minimum atomic E-state index is -1.23. The molecule has 1 aliphatic heterocycles. The summed E-state index contributed by atoms with van der Waals surface area (Å²) in [6.45, 7) is 4.06. The SMILES string of the molecule is CC(C)(OP1Oc2ccccc2-c2ccccc21)c1ccccn1. The molecule has 0 saturated heterocycles. The number of para-hydroxylation sites is 1. The van der Waals surface area contributed by atoms with Crippen molar-refractivity contribution >= 4 is 13.7 Å². The standard InChI is InChI=1S/C20H18NO2P/c1-20(2,19-13-7-8-14-21-19)23-24-18-12-6-4-10-16(18)15-9-3-5-11-17(15)22-24/h3-14H,1-2H3. The summed E-state index contributed by atoms with van der Waals surface area (Å²) in [5.41, 5.74) is 2.66. The van der Waals surface area contributed by atoms with Crippen LogP contribution in [0.3, 0.4) is 0 Å². The van der Waals surface area contributed by atoms with Gasteiger partial charge in [-0.2, -0.15) is 0 Å². The van der Waals surface area contributed by atoms with E-state index >= 15 is 0 Å². The molecule has 3 aromatic rings. The average molecular weight is 335 g/mol. The molecule has 1 aliphatic rings. The van der Waals surface area contributed by atoms with Crippen molar-refractivity contribution in [2.24, 2.45) is 0 Å². The van der Waals surface area contributed by atoms with Crippen molar-refractivity contribution in [2.75, 3.05) is 0 Å². The molecule has 0 N–H and O–H groups in total. The summed E-state index contributed by atoms with van der Waals surface area (Å²) in [6.07, 6.45) is 1.79. The highest BCUT2D eigenvalue weighted by atomic mass is 31.2. The van der Waals surface area contributed by atoms with Crippen LogP contribution in [0.2, 0.25) is 0 Å². The lowest BCUT2D eigenvalue weighted by Gasteiger charge is -2.33. The summed E-state index contributed by atoms with van der Waals surface area (Å²) in [6, 6.07) is 22.3. The van der Waals surface area contributed by atoms with E-state index in [2.05, 4.69) is 29.2 Å². The fourth-order valence-corrected chi connectivity index (χ4v) is 4.49. The first kappa shape index (κ1) is 15.3. The summed E-state index contributed by atoms with van der Waals surface area (Å²) in [7, 11) is -1.23. The molecule has 0 bridgehead atoms. The zero-order valence-corrected chi connectivity index (χ0v) is 14.5. The molecule has 0 fully saturated rings. The van der Waals surface area contributed by atoms with Gasteiger partial charge in [-0.15, -0.1) is 0 Å². The molecule has 1 aromatic heterocycles. The van der Waals surface area contributed by atoms with Gasteiger partial charge in [0.05, 0.1) is 11.0 Å². The van der Waals surface area contributed by atoms with Crippen molar-refractivity contribution in [2.45, 2.75) is 19.4 Å². The molecule has 1 atom stereocenters. The second kappa shape index (κ2) is 6.01. The van der Waals surface area contributed by atoms with Crippen LogP contribution in [0, 0.1) is 0 Å². The molecule has 120 valence electrons. The minimum absolute atomic E-state index is 0.535. The highest BCUT2D eigenvalue weighted by molar-refractivity contribution is 7.57. The number of fused-ring (bicyclic) bond motifs is 3. The molecule has 3 nitrogen and oxygen atoms in total. The summed E-state index contributed by atoms with van der Waals surface area (Å²) < 4.78 is 12.7. The van der Waals surface area contributed by atoms with Gasteiger partial charge in [-0.3, -0.25) is 4.98 Å². The Hall–Kier alpha value is -2.22. The van der Waals surface area contributed by atoms with Crippen molar-refractivity contribution < 1.29 is 9.05 Å². The maximum atomic E-state index is 6.43. The molecule has 0 saturated carbocycles. The third kappa shape index (κ3) is 2.71. The summed E-state index contributed by atoms with van der Waals surface area (Å²) in [4.78, 5) is 4.45. The Kier molecular flexibility index (Phi) is 3.84. The summed E-state index contributed by atoms with van der Waals surface area (Å²) in [5.74, 6) is 0.874. The number of aromatic nitrogens is 1. The van der Waals surface area contributed by atoms with Crippen LogP contribution in [-0.4, -0.2) is 4.98 Å². The number of hydrogen-bond acceptors (Lipinski definition) is 3. The third-order valence-corrected chi connectivity index (χ3v) is 5.82. The first-order chi connectivity index (χ1) is 11.6. The fraction of sp³-hybridized carbons (Fsp3) is 0.150. The first-order valence-electron chi connectivity index (χ1n) is 7.92. The van der Waals surface area contributed by atoms with E-state index in [0.29, 0.717) is 0 Å². The van der Waals surface area contributed by atoms with E-state index in [0.717, 1.165) is 22.3 Å². The summed E-state index contributed by atoms with van der Waals surface area (Å²) >= 11 is 0. The van der Waals surface area contributed by atoms with Gasteiger partial charge in [-0.25, -0.2) is 0 Å². The van der Waals surface area contributed by atoms with Crippen molar-refractivity contribution in [3.8, 4) is 16.9 Å². The van der Waals surface area contributed by atoms with Gasteiger partial charge in [0, 0.05) is 11.8 Å². The van der Waals surface area contributed by atoms with Crippen LogP contribution in [-0.2, 0) is 10.1 Å². The molecule has 4 rings (SSSR count). The van der Waals surface area contributed by atoms with Crippen molar-refractivity contribution in [3.63, 3.8) is 0 Å². The van der Waals surface area contributed by atoms with Gasteiger partial charge in [0.2, 0.25) is 0 Å². The lowest BCUT2D eigenvalue weighted by molar-refractivity contribution is 0.111. The molecule has 4 heteroatoms. The second-order valence-corrected chi connectivity index (χ2v) is 7.54. The lowest BCUT2D eigenvalue weighted by Crippen LogP contribution is -2.26. The molecule has 2 heterocycles. The van der Waals surface area contributed by atoms with Crippen LogP contribution in [0.1, 0.15) is 19.5 Å². The number of nitrogens with zero attached hydrogens (tertiary/aromatic N) is 1. The van der Waals surface area contributed by atoms with Crippen LogP contribution >= 0.6 is 8.38 Å². The van der Waals surface area contributed by atoms with Crippen LogP contribution in [0.5, 0.6) is 5.75 Å². The Bertz CT molecular complexity index is 864. The maximum Gasteiger partial charge on any atom is 0.266 e. The number of rotatable bonds is 3. The number of benzene rings is 2. The summed E-state index contributed by atoms with van der Waals surface area (Å²) in [5, 5.41) is 1.11. The van der Waals surface area contributed by atoms with Crippen LogP contribution in [0.4, 0.5) is 0 Å². The quantitative estimate of drug-likeness (QED) is 0.629. The zero-order valence-electron chi connectivity index (χ0n) is 13.6. The van der Waals surface area contributed by atoms with Crippen molar-refractivity contribution in [1.29, 1.82) is 0 Å². The predicted octanol–water partition coefficient (Wildman–Crippen LogP) is 5.03. The van der Waals surface area contributed by atoms with Gasteiger partial charge in [0.25, 0.3) is 8.38 Å².